The molecular weight excluding hydrogens is 346 g/mol. The van der Waals surface area contributed by atoms with Crippen molar-refractivity contribution in [2.45, 2.75) is 38.3 Å². The van der Waals surface area contributed by atoms with Gasteiger partial charge in [0.1, 0.15) is 5.60 Å². The van der Waals surface area contributed by atoms with Crippen LogP contribution in [0.5, 0.6) is 0 Å². The van der Waals surface area contributed by atoms with Gasteiger partial charge in [0.05, 0.1) is 0 Å². The minimum atomic E-state index is -0.582. The van der Waals surface area contributed by atoms with E-state index < -0.39 is 5.60 Å². The molecule has 2 aromatic rings. The van der Waals surface area contributed by atoms with E-state index in [1.807, 2.05) is 31.2 Å². The number of hydrogen-bond acceptors (Lipinski definition) is 3. The second-order valence-electron chi connectivity index (χ2n) is 6.96. The smallest absolute Gasteiger partial charge is 0.306 e. The third kappa shape index (κ3) is 3.79. The molecule has 1 heterocycles. The van der Waals surface area contributed by atoms with E-state index in [9.17, 15) is 4.79 Å². The molecule has 1 aliphatic heterocycles. The molecular formula is C22H28ClNO2. The number of carbonyl (C=O) groups is 1. The highest BCUT2D eigenvalue weighted by molar-refractivity contribution is 5.85. The molecule has 0 saturated carbocycles. The first-order chi connectivity index (χ1) is 12.1. The van der Waals surface area contributed by atoms with Gasteiger partial charge in [-0.25, -0.2) is 0 Å². The molecule has 0 radical (unpaired) electrons. The summed E-state index contributed by atoms with van der Waals surface area (Å²) < 4.78 is 6.16. The third-order valence-electron chi connectivity index (χ3n) is 5.51. The van der Waals surface area contributed by atoms with Crippen LogP contribution in [0.3, 0.4) is 0 Å². The molecule has 3 rings (SSSR count). The first kappa shape index (κ1) is 20.5. The highest BCUT2D eigenvalue weighted by atomic mass is 35.5. The Morgan fingerprint density at radius 2 is 1.69 bits per heavy atom. The van der Waals surface area contributed by atoms with Crippen molar-refractivity contribution >= 4 is 18.4 Å². The van der Waals surface area contributed by atoms with E-state index in [1.165, 1.54) is 5.56 Å². The van der Waals surface area contributed by atoms with Crippen molar-refractivity contribution in [3.05, 3.63) is 71.8 Å². The monoisotopic (exact) mass is 373 g/mol. The maximum Gasteiger partial charge on any atom is 0.306 e. The van der Waals surface area contributed by atoms with Crippen LogP contribution in [0, 0.1) is 5.92 Å². The highest BCUT2D eigenvalue weighted by Crippen LogP contribution is 2.49. The maximum atomic E-state index is 12.3. The maximum absolute atomic E-state index is 12.3. The Bertz CT molecular complexity index is 707. The van der Waals surface area contributed by atoms with E-state index in [2.05, 4.69) is 55.3 Å². The van der Waals surface area contributed by atoms with Gasteiger partial charge in [0.15, 0.2) is 0 Å². The van der Waals surface area contributed by atoms with E-state index >= 15 is 0 Å². The van der Waals surface area contributed by atoms with Crippen molar-refractivity contribution in [3.8, 4) is 0 Å². The summed E-state index contributed by atoms with van der Waals surface area (Å²) in [6.07, 6.45) is 1.21. The number of benzene rings is 2. The molecule has 0 amide bonds. The highest BCUT2D eigenvalue weighted by Gasteiger charge is 2.49. The summed E-state index contributed by atoms with van der Waals surface area (Å²) >= 11 is 0. The molecule has 3 atom stereocenters. The molecule has 1 fully saturated rings. The van der Waals surface area contributed by atoms with Crippen LogP contribution in [0.1, 0.15) is 43.9 Å². The summed E-state index contributed by atoms with van der Waals surface area (Å²) in [7, 11) is 2.16. The second-order valence-corrected chi connectivity index (χ2v) is 6.96. The third-order valence-corrected chi connectivity index (χ3v) is 5.51. The Hall–Kier alpha value is -1.84. The van der Waals surface area contributed by atoms with Gasteiger partial charge in [-0.15, -0.1) is 12.4 Å². The van der Waals surface area contributed by atoms with Gasteiger partial charge in [0.25, 0.3) is 0 Å². The van der Waals surface area contributed by atoms with Gasteiger partial charge < -0.3 is 4.74 Å². The Labute approximate surface area is 162 Å². The molecule has 1 aliphatic rings. The van der Waals surface area contributed by atoms with Crippen LogP contribution < -0.4 is 0 Å². The second kappa shape index (κ2) is 8.70. The van der Waals surface area contributed by atoms with E-state index in [-0.39, 0.29) is 30.3 Å². The fourth-order valence-electron chi connectivity index (χ4n) is 4.15. The van der Waals surface area contributed by atoms with Crippen LogP contribution >= 0.6 is 12.4 Å². The van der Waals surface area contributed by atoms with Crippen molar-refractivity contribution in [1.82, 2.24) is 4.90 Å². The lowest BCUT2D eigenvalue weighted by molar-refractivity contribution is -0.180. The molecule has 2 aromatic carbocycles. The van der Waals surface area contributed by atoms with Crippen LogP contribution in [0.4, 0.5) is 0 Å². The van der Waals surface area contributed by atoms with Crippen LogP contribution in [0.25, 0.3) is 0 Å². The Balaban J connectivity index is 0.00000243. The molecule has 3 nitrogen and oxygen atoms in total. The molecule has 0 aliphatic carbocycles. The van der Waals surface area contributed by atoms with E-state index in [4.69, 9.17) is 4.74 Å². The predicted octanol–water partition coefficient (Wildman–Crippen LogP) is 4.97. The summed E-state index contributed by atoms with van der Waals surface area (Å²) in [5, 5.41) is 0. The molecule has 26 heavy (non-hydrogen) atoms. The first-order valence-corrected chi connectivity index (χ1v) is 9.11. The number of rotatable bonds is 4. The van der Waals surface area contributed by atoms with Gasteiger partial charge >= 0.3 is 5.97 Å². The fourth-order valence-corrected chi connectivity index (χ4v) is 4.15. The largest absolute Gasteiger partial charge is 0.454 e. The minimum absolute atomic E-state index is 0. The summed E-state index contributed by atoms with van der Waals surface area (Å²) in [4.78, 5) is 14.7. The average Bonchev–Trinajstić information content (AvgIpc) is 2.66. The van der Waals surface area contributed by atoms with Crippen molar-refractivity contribution in [1.29, 1.82) is 0 Å². The Morgan fingerprint density at radius 1 is 1.12 bits per heavy atom. The quantitative estimate of drug-likeness (QED) is 0.708. The Morgan fingerprint density at radius 3 is 2.27 bits per heavy atom. The number of halogens is 1. The number of piperidine rings is 1. The van der Waals surface area contributed by atoms with Crippen molar-refractivity contribution in [2.75, 3.05) is 13.6 Å². The number of ether oxygens (including phenoxy) is 1. The topological polar surface area (TPSA) is 29.5 Å². The summed E-state index contributed by atoms with van der Waals surface area (Å²) in [5.74, 6) is 0.0126. The normalized spacial score (nSPS) is 26.0. The van der Waals surface area contributed by atoms with E-state index in [1.54, 1.807) is 0 Å². The standard InChI is InChI=1S/C22H27NO2.ClH/c1-4-20(24)25-22(19-13-9-6-10-14-19)15-16-23(3)21(17(22)2)18-11-7-5-8-12-18;/h5-14,17,21H,4,15-16H2,1-3H3;1H/t17-,21+,22+;/m1./s1. The number of nitrogens with zero attached hydrogens (tertiary/aromatic N) is 1. The average molecular weight is 374 g/mol. The summed E-state index contributed by atoms with van der Waals surface area (Å²) in [5.41, 5.74) is 1.78. The number of carbonyl (C=O) groups excluding carboxylic acids is 1. The molecule has 4 heteroatoms. The fraction of sp³-hybridized carbons (Fsp3) is 0.409. The molecule has 0 aromatic heterocycles. The SMILES string of the molecule is CCC(=O)O[C@@]1(c2ccccc2)CCN(C)[C@H](c2ccccc2)[C@H]1C.Cl. The van der Waals surface area contributed by atoms with Gasteiger partial charge in [-0.05, 0) is 18.2 Å². The molecule has 0 unspecified atom stereocenters. The first-order valence-electron chi connectivity index (χ1n) is 9.11. The Kier molecular flexibility index (Phi) is 6.85. The van der Waals surface area contributed by atoms with Crippen molar-refractivity contribution in [3.63, 3.8) is 0 Å². The lowest BCUT2D eigenvalue weighted by Gasteiger charge is -2.50. The zero-order chi connectivity index (χ0) is 17.9. The summed E-state index contributed by atoms with van der Waals surface area (Å²) in [6, 6.07) is 21.0. The number of likely N-dealkylation sites (tertiary alicyclic amines) is 1. The number of esters is 1. The van der Waals surface area contributed by atoms with Gasteiger partial charge in [0, 0.05) is 31.3 Å². The lowest BCUT2D eigenvalue weighted by atomic mass is 9.71. The minimum Gasteiger partial charge on any atom is -0.454 e. The van der Waals surface area contributed by atoms with Crippen molar-refractivity contribution < 1.29 is 9.53 Å². The van der Waals surface area contributed by atoms with Gasteiger partial charge in [0.2, 0.25) is 0 Å². The molecule has 0 bridgehead atoms. The van der Waals surface area contributed by atoms with Crippen LogP contribution in [0.2, 0.25) is 0 Å². The van der Waals surface area contributed by atoms with Crippen molar-refractivity contribution in [2.24, 2.45) is 5.92 Å². The van der Waals surface area contributed by atoms with E-state index in [0.29, 0.717) is 6.42 Å². The van der Waals surface area contributed by atoms with Gasteiger partial charge in [-0.3, -0.25) is 9.69 Å². The zero-order valence-corrected chi connectivity index (χ0v) is 16.5. The van der Waals surface area contributed by atoms with Gasteiger partial charge in [-0.2, -0.15) is 0 Å². The molecule has 140 valence electrons. The predicted molar refractivity (Wildman–Crippen MR) is 107 cm³/mol. The van der Waals surface area contributed by atoms with Crippen LogP contribution in [-0.4, -0.2) is 24.5 Å². The van der Waals surface area contributed by atoms with E-state index in [0.717, 1.165) is 18.5 Å². The zero-order valence-electron chi connectivity index (χ0n) is 15.7. The van der Waals surface area contributed by atoms with Crippen LogP contribution in [-0.2, 0) is 15.1 Å². The van der Waals surface area contributed by atoms with Gasteiger partial charge in [-0.1, -0.05) is 74.5 Å². The summed E-state index contributed by atoms with van der Waals surface area (Å²) in [6.45, 7) is 4.95. The van der Waals surface area contributed by atoms with Crippen LogP contribution in [0.15, 0.2) is 60.7 Å². The molecule has 0 spiro atoms. The molecule has 1 saturated heterocycles. The lowest BCUT2D eigenvalue weighted by Crippen LogP contribution is -2.51. The number of hydrogen-bond donors (Lipinski definition) is 0. The molecule has 0 N–H and O–H groups in total.